The Bertz CT molecular complexity index is 1250. The van der Waals surface area contributed by atoms with Crippen molar-refractivity contribution in [1.29, 1.82) is 0 Å². The van der Waals surface area contributed by atoms with Crippen molar-refractivity contribution in [3.05, 3.63) is 28.3 Å². The summed E-state index contributed by atoms with van der Waals surface area (Å²) in [6.45, 7) is 11.5. The molecular formula is C23H33N7O4S. The van der Waals surface area contributed by atoms with Gasteiger partial charge in [0, 0.05) is 39.5 Å². The minimum absolute atomic E-state index is 0.279. The van der Waals surface area contributed by atoms with Gasteiger partial charge in [-0.1, -0.05) is 13.8 Å². The summed E-state index contributed by atoms with van der Waals surface area (Å²) < 4.78 is 28.0. The summed E-state index contributed by atoms with van der Waals surface area (Å²) in [5.41, 5.74) is 1.81. The van der Waals surface area contributed by atoms with Crippen molar-refractivity contribution < 1.29 is 13.7 Å². The van der Waals surface area contributed by atoms with Gasteiger partial charge in [0.15, 0.2) is 5.52 Å². The normalized spacial score (nSPS) is 16.1. The van der Waals surface area contributed by atoms with E-state index in [1.165, 1.54) is 0 Å². The summed E-state index contributed by atoms with van der Waals surface area (Å²) in [5.74, 6) is 0.644. The number of nitrogens with zero attached hydrogens (tertiary/aromatic N) is 6. The number of hydrogen-bond donors (Lipinski definition) is 1. The number of piperazine rings is 1. The summed E-state index contributed by atoms with van der Waals surface area (Å²) in [6.07, 6.45) is 2.23. The maximum absolute atomic E-state index is 13.4. The van der Waals surface area contributed by atoms with E-state index in [0.29, 0.717) is 66.9 Å². The van der Waals surface area contributed by atoms with Crippen LogP contribution in [-0.4, -0.2) is 91.2 Å². The van der Waals surface area contributed by atoms with Crippen LogP contribution in [-0.2, 0) is 28.7 Å². The van der Waals surface area contributed by atoms with Gasteiger partial charge in [-0.05, 0) is 26.0 Å². The molecule has 0 aromatic carbocycles. The van der Waals surface area contributed by atoms with Crippen LogP contribution in [0.4, 0.5) is 0 Å². The summed E-state index contributed by atoms with van der Waals surface area (Å²) in [7, 11) is 0.243. The minimum Gasteiger partial charge on any atom is -0.477 e. The van der Waals surface area contributed by atoms with Crippen molar-refractivity contribution in [1.82, 2.24) is 33.9 Å². The number of H-pyrrole nitrogens is 1. The van der Waals surface area contributed by atoms with E-state index in [-0.39, 0.29) is 11.1 Å². The van der Waals surface area contributed by atoms with E-state index in [1.807, 2.05) is 18.2 Å². The number of hydrogen-bond acceptors (Lipinski definition) is 8. The van der Waals surface area contributed by atoms with E-state index in [2.05, 4.69) is 26.9 Å². The lowest BCUT2D eigenvalue weighted by molar-refractivity contribution is 0.183. The van der Waals surface area contributed by atoms with Crippen LogP contribution >= 0.6 is 0 Å². The molecule has 4 rings (SSSR count). The van der Waals surface area contributed by atoms with Crippen LogP contribution in [0.3, 0.4) is 0 Å². The topological polar surface area (TPSA) is 118 Å². The Hall–Kier alpha value is -2.67. The fourth-order valence-electron chi connectivity index (χ4n) is 4.22. The van der Waals surface area contributed by atoms with Crippen LogP contribution in [0.25, 0.3) is 22.4 Å². The number of aromatic nitrogens is 5. The number of ether oxygens (including phenoxy) is 2. The van der Waals surface area contributed by atoms with Gasteiger partial charge < -0.3 is 19.4 Å². The van der Waals surface area contributed by atoms with Crippen LogP contribution < -0.4 is 10.3 Å². The highest BCUT2D eigenvalue weighted by Gasteiger charge is 2.24. The Labute approximate surface area is 207 Å². The molecule has 1 aliphatic heterocycles. The van der Waals surface area contributed by atoms with E-state index < -0.39 is 11.0 Å². The van der Waals surface area contributed by atoms with Crippen molar-refractivity contribution in [3.8, 4) is 17.3 Å². The molecule has 0 saturated carbocycles. The SMILES string of the molecule is CCOc1ncc(S(=O)N2CCN(CC)CC2)cc1-c1nc2c(CC)n(CCOC)nc2c(=O)[nH]1. The zero-order chi connectivity index (χ0) is 24.9. The minimum atomic E-state index is -1.38. The molecule has 0 bridgehead atoms. The largest absolute Gasteiger partial charge is 0.477 e. The van der Waals surface area contributed by atoms with E-state index in [0.717, 1.165) is 25.3 Å². The molecule has 0 spiro atoms. The molecule has 190 valence electrons. The van der Waals surface area contributed by atoms with Crippen molar-refractivity contribution in [2.24, 2.45) is 0 Å². The average molecular weight is 504 g/mol. The molecule has 1 fully saturated rings. The summed E-state index contributed by atoms with van der Waals surface area (Å²) in [6, 6.07) is 1.76. The predicted molar refractivity (Wildman–Crippen MR) is 134 cm³/mol. The molecule has 1 atom stereocenters. The molecule has 1 N–H and O–H groups in total. The summed E-state index contributed by atoms with van der Waals surface area (Å²) in [4.78, 5) is 27.9. The highest BCUT2D eigenvalue weighted by Crippen LogP contribution is 2.29. The Morgan fingerprint density at radius 3 is 2.57 bits per heavy atom. The smallest absolute Gasteiger partial charge is 0.279 e. The van der Waals surface area contributed by atoms with Gasteiger partial charge in [-0.2, -0.15) is 5.10 Å². The van der Waals surface area contributed by atoms with Crippen LogP contribution in [0, 0.1) is 0 Å². The third-order valence-electron chi connectivity index (χ3n) is 6.12. The monoisotopic (exact) mass is 503 g/mol. The fraction of sp³-hybridized carbons (Fsp3) is 0.565. The summed E-state index contributed by atoms with van der Waals surface area (Å²) >= 11 is 0. The molecule has 0 amide bonds. The molecule has 0 radical (unpaired) electrons. The highest BCUT2D eigenvalue weighted by molar-refractivity contribution is 7.82. The molecule has 3 aromatic heterocycles. The first-order valence-electron chi connectivity index (χ1n) is 12.0. The molecule has 4 heterocycles. The molecule has 1 saturated heterocycles. The zero-order valence-electron chi connectivity index (χ0n) is 20.7. The second-order valence-electron chi connectivity index (χ2n) is 8.20. The summed E-state index contributed by atoms with van der Waals surface area (Å²) in [5, 5.41) is 4.46. The van der Waals surface area contributed by atoms with Gasteiger partial charge in [-0.25, -0.2) is 18.5 Å². The van der Waals surface area contributed by atoms with Crippen molar-refractivity contribution in [3.63, 3.8) is 0 Å². The lowest BCUT2D eigenvalue weighted by atomic mass is 10.2. The molecule has 35 heavy (non-hydrogen) atoms. The lowest BCUT2D eigenvalue weighted by Gasteiger charge is -2.32. The van der Waals surface area contributed by atoms with E-state index in [1.54, 1.807) is 24.1 Å². The van der Waals surface area contributed by atoms with E-state index >= 15 is 0 Å². The number of rotatable bonds is 10. The molecule has 3 aromatic rings. The maximum Gasteiger partial charge on any atom is 0.279 e. The van der Waals surface area contributed by atoms with Crippen molar-refractivity contribution in [2.45, 2.75) is 38.6 Å². The van der Waals surface area contributed by atoms with Gasteiger partial charge in [-0.15, -0.1) is 0 Å². The number of fused-ring (bicyclic) bond motifs is 1. The van der Waals surface area contributed by atoms with Crippen LogP contribution in [0.15, 0.2) is 22.0 Å². The molecule has 0 aliphatic carbocycles. The highest BCUT2D eigenvalue weighted by atomic mass is 32.2. The fourth-order valence-corrected chi connectivity index (χ4v) is 5.37. The van der Waals surface area contributed by atoms with Crippen molar-refractivity contribution in [2.75, 3.05) is 53.0 Å². The number of aromatic amines is 1. The van der Waals surface area contributed by atoms with Gasteiger partial charge >= 0.3 is 0 Å². The first-order chi connectivity index (χ1) is 17.0. The first kappa shape index (κ1) is 25.4. The second kappa shape index (κ2) is 11.4. The number of aryl methyl sites for hydroxylation is 1. The molecule has 1 unspecified atom stereocenters. The van der Waals surface area contributed by atoms with Crippen molar-refractivity contribution >= 4 is 22.0 Å². The second-order valence-corrected chi connectivity index (χ2v) is 9.68. The maximum atomic E-state index is 13.4. The molecule has 1 aliphatic rings. The van der Waals surface area contributed by atoms with Gasteiger partial charge in [0.05, 0.1) is 35.9 Å². The van der Waals surface area contributed by atoms with Gasteiger partial charge in [-0.3, -0.25) is 9.48 Å². The molecule has 12 heteroatoms. The Kier molecular flexibility index (Phi) is 8.26. The van der Waals surface area contributed by atoms with Crippen LogP contribution in [0.2, 0.25) is 0 Å². The van der Waals surface area contributed by atoms with Gasteiger partial charge in [0.25, 0.3) is 5.56 Å². The Balaban J connectivity index is 1.75. The number of nitrogens with one attached hydrogen (secondary N) is 1. The zero-order valence-corrected chi connectivity index (χ0v) is 21.6. The van der Waals surface area contributed by atoms with Gasteiger partial charge in [0.2, 0.25) is 5.88 Å². The third-order valence-corrected chi connectivity index (χ3v) is 7.58. The third kappa shape index (κ3) is 5.30. The first-order valence-corrected chi connectivity index (χ1v) is 13.1. The average Bonchev–Trinajstić information content (AvgIpc) is 3.25. The number of likely N-dealkylation sites (N-methyl/N-ethyl adjacent to an activating group) is 1. The Morgan fingerprint density at radius 2 is 1.91 bits per heavy atom. The lowest BCUT2D eigenvalue weighted by Crippen LogP contribution is -2.46. The van der Waals surface area contributed by atoms with Gasteiger partial charge in [0.1, 0.15) is 22.3 Å². The van der Waals surface area contributed by atoms with Crippen LogP contribution in [0.5, 0.6) is 5.88 Å². The predicted octanol–water partition coefficient (Wildman–Crippen LogP) is 1.45. The van der Waals surface area contributed by atoms with E-state index in [9.17, 15) is 9.00 Å². The Morgan fingerprint density at radius 1 is 1.14 bits per heavy atom. The number of methoxy groups -OCH3 is 1. The molecule has 11 nitrogen and oxygen atoms in total. The number of pyridine rings is 1. The van der Waals surface area contributed by atoms with E-state index in [4.69, 9.17) is 14.5 Å². The standard InChI is InChI=1S/C23H33N7O4S/c1-5-18-19-20(27-30(18)12-13-33-4)22(31)26-21(25-19)17-14-16(15-24-23(17)34-7-3)35(32)29-10-8-28(6-2)9-11-29/h14-15H,5-13H2,1-4H3,(H,25,26,31). The quantitative estimate of drug-likeness (QED) is 0.442. The van der Waals surface area contributed by atoms with Crippen LogP contribution in [0.1, 0.15) is 26.5 Å². The molecular weight excluding hydrogens is 470 g/mol.